The van der Waals surface area contributed by atoms with Gasteiger partial charge in [0.05, 0.1) is 0 Å². The van der Waals surface area contributed by atoms with Gasteiger partial charge in [-0.15, -0.1) is 0 Å². The number of esters is 1. The summed E-state index contributed by atoms with van der Waals surface area (Å²) in [5.74, 6) is -1.56. The Kier molecular flexibility index (Phi) is 5.24. The van der Waals surface area contributed by atoms with Gasteiger partial charge in [-0.1, -0.05) is 29.3 Å². The van der Waals surface area contributed by atoms with Gasteiger partial charge >= 0.3 is 5.97 Å². The number of rotatable bonds is 4. The van der Waals surface area contributed by atoms with Crippen molar-refractivity contribution in [1.29, 1.82) is 0 Å². The molecule has 2 aromatic rings. The lowest BCUT2D eigenvalue weighted by molar-refractivity contribution is -0.123. The fourth-order valence-electron chi connectivity index (χ4n) is 1.84. The number of aromatic hydroxyl groups is 1. The predicted octanol–water partition coefficient (Wildman–Crippen LogP) is 3.54. The molecule has 0 aromatic heterocycles. The summed E-state index contributed by atoms with van der Waals surface area (Å²) in [4.78, 5) is 24.0. The first-order valence-electron chi connectivity index (χ1n) is 6.94. The van der Waals surface area contributed by atoms with Gasteiger partial charge in [-0.2, -0.15) is 0 Å². The topological polar surface area (TPSA) is 75.6 Å². The summed E-state index contributed by atoms with van der Waals surface area (Å²) in [5.41, 5.74) is 1.63. The van der Waals surface area contributed by atoms with E-state index >= 15 is 0 Å². The molecule has 0 fully saturated rings. The summed E-state index contributed by atoms with van der Waals surface area (Å²) in [7, 11) is 0. The van der Waals surface area contributed by atoms with Crippen molar-refractivity contribution >= 4 is 29.2 Å². The maximum absolute atomic E-state index is 12.0. The van der Waals surface area contributed by atoms with Crippen LogP contribution in [0.25, 0.3) is 0 Å². The van der Waals surface area contributed by atoms with E-state index in [1.807, 2.05) is 19.1 Å². The van der Waals surface area contributed by atoms with E-state index in [9.17, 15) is 14.7 Å². The molecule has 0 radical (unpaired) electrons. The Balaban J connectivity index is 2.00. The van der Waals surface area contributed by atoms with E-state index in [1.54, 1.807) is 12.1 Å². The van der Waals surface area contributed by atoms with Gasteiger partial charge in [-0.25, -0.2) is 4.79 Å². The lowest BCUT2D eigenvalue weighted by atomic mass is 10.2. The number of phenolic OH excluding ortho intramolecular Hbond substituents is 1. The molecular formula is C17H16ClNO4. The summed E-state index contributed by atoms with van der Waals surface area (Å²) in [5, 5.41) is 12.6. The number of ether oxygens (including phenoxy) is 1. The van der Waals surface area contributed by atoms with Crippen molar-refractivity contribution in [1.82, 2.24) is 0 Å². The minimum atomic E-state index is -1.01. The smallest absolute Gasteiger partial charge is 0.342 e. The number of carbonyl (C=O) groups is 2. The fourth-order valence-corrected chi connectivity index (χ4v) is 2.00. The molecule has 0 aliphatic carbocycles. The molecule has 2 N–H and O–H groups in total. The number of benzene rings is 2. The van der Waals surface area contributed by atoms with Crippen molar-refractivity contribution in [3.05, 3.63) is 58.6 Å². The van der Waals surface area contributed by atoms with Crippen LogP contribution in [0.15, 0.2) is 42.5 Å². The molecule has 1 amide bonds. The summed E-state index contributed by atoms with van der Waals surface area (Å²) >= 11 is 5.70. The molecule has 23 heavy (non-hydrogen) atoms. The number of aryl methyl sites for hydroxylation is 1. The van der Waals surface area contributed by atoms with Gasteiger partial charge < -0.3 is 15.2 Å². The SMILES string of the molecule is Cc1ccc(NC(=O)[C@@H](C)OC(=O)c2ccc(Cl)cc2O)cc1. The van der Waals surface area contributed by atoms with E-state index in [-0.39, 0.29) is 11.3 Å². The molecule has 120 valence electrons. The zero-order valence-electron chi connectivity index (χ0n) is 12.7. The predicted molar refractivity (Wildman–Crippen MR) is 87.8 cm³/mol. The van der Waals surface area contributed by atoms with E-state index in [0.29, 0.717) is 10.7 Å². The molecule has 5 nitrogen and oxygen atoms in total. The van der Waals surface area contributed by atoms with Gasteiger partial charge in [-0.3, -0.25) is 4.79 Å². The highest BCUT2D eigenvalue weighted by atomic mass is 35.5. The average Bonchev–Trinajstić information content (AvgIpc) is 2.49. The maximum Gasteiger partial charge on any atom is 0.342 e. The van der Waals surface area contributed by atoms with E-state index in [4.69, 9.17) is 16.3 Å². The molecule has 0 heterocycles. The molecular weight excluding hydrogens is 318 g/mol. The number of carbonyl (C=O) groups excluding carboxylic acids is 2. The second kappa shape index (κ2) is 7.15. The highest BCUT2D eigenvalue weighted by Gasteiger charge is 2.21. The molecule has 2 rings (SSSR count). The molecule has 0 aliphatic rings. The second-order valence-corrected chi connectivity index (χ2v) is 5.50. The van der Waals surface area contributed by atoms with Crippen LogP contribution >= 0.6 is 11.6 Å². The third-order valence-electron chi connectivity index (χ3n) is 3.15. The van der Waals surface area contributed by atoms with Crippen molar-refractivity contribution in [2.45, 2.75) is 20.0 Å². The van der Waals surface area contributed by atoms with Gasteiger partial charge in [0.2, 0.25) is 0 Å². The first kappa shape index (κ1) is 16.8. The van der Waals surface area contributed by atoms with Crippen molar-refractivity contribution in [3.8, 4) is 5.75 Å². The van der Waals surface area contributed by atoms with Crippen LogP contribution in [0.2, 0.25) is 5.02 Å². The zero-order valence-corrected chi connectivity index (χ0v) is 13.4. The third kappa shape index (κ3) is 4.47. The Hall–Kier alpha value is -2.53. The summed E-state index contributed by atoms with van der Waals surface area (Å²) in [6, 6.07) is 11.3. The number of hydrogen-bond acceptors (Lipinski definition) is 4. The highest BCUT2D eigenvalue weighted by Crippen LogP contribution is 2.23. The minimum absolute atomic E-state index is 0.0515. The first-order valence-corrected chi connectivity index (χ1v) is 7.31. The average molecular weight is 334 g/mol. The second-order valence-electron chi connectivity index (χ2n) is 5.06. The number of nitrogens with one attached hydrogen (secondary N) is 1. The van der Waals surface area contributed by atoms with Crippen LogP contribution in [0.4, 0.5) is 5.69 Å². The number of amides is 1. The lowest BCUT2D eigenvalue weighted by Gasteiger charge is -2.14. The van der Waals surface area contributed by atoms with Gasteiger partial charge in [0.1, 0.15) is 11.3 Å². The molecule has 2 aromatic carbocycles. The number of phenols is 1. The molecule has 0 saturated carbocycles. The van der Waals surface area contributed by atoms with Crippen molar-refractivity contribution in [2.75, 3.05) is 5.32 Å². The summed E-state index contributed by atoms with van der Waals surface area (Å²) < 4.78 is 5.06. The van der Waals surface area contributed by atoms with Gasteiger partial charge in [0.25, 0.3) is 5.91 Å². The zero-order chi connectivity index (χ0) is 17.0. The normalized spacial score (nSPS) is 11.6. The van der Waals surface area contributed by atoms with Crippen LogP contribution in [0.1, 0.15) is 22.8 Å². The Morgan fingerprint density at radius 2 is 1.83 bits per heavy atom. The van der Waals surface area contributed by atoms with E-state index < -0.39 is 18.0 Å². The molecule has 6 heteroatoms. The molecule has 0 unspecified atom stereocenters. The molecule has 0 bridgehead atoms. The van der Waals surface area contributed by atoms with E-state index in [0.717, 1.165) is 5.56 Å². The Morgan fingerprint density at radius 3 is 2.43 bits per heavy atom. The monoisotopic (exact) mass is 333 g/mol. The molecule has 1 atom stereocenters. The molecule has 0 aliphatic heterocycles. The minimum Gasteiger partial charge on any atom is -0.507 e. The van der Waals surface area contributed by atoms with Crippen LogP contribution in [0.5, 0.6) is 5.75 Å². The van der Waals surface area contributed by atoms with Crippen molar-refractivity contribution in [3.63, 3.8) is 0 Å². The molecule has 0 spiro atoms. The highest BCUT2D eigenvalue weighted by molar-refractivity contribution is 6.30. The maximum atomic E-state index is 12.0. The van der Waals surface area contributed by atoms with Crippen LogP contribution in [0, 0.1) is 6.92 Å². The summed E-state index contributed by atoms with van der Waals surface area (Å²) in [6.45, 7) is 3.39. The fraction of sp³-hybridized carbons (Fsp3) is 0.176. The van der Waals surface area contributed by atoms with Crippen molar-refractivity contribution in [2.24, 2.45) is 0 Å². The Labute approximate surface area is 138 Å². The standard InChI is InChI=1S/C17H16ClNO4/c1-10-3-6-13(7-4-10)19-16(21)11(2)23-17(22)14-8-5-12(18)9-15(14)20/h3-9,11,20H,1-2H3,(H,19,21)/t11-/m1/s1. The van der Waals surface area contributed by atoms with E-state index in [1.165, 1.54) is 25.1 Å². The summed E-state index contributed by atoms with van der Waals surface area (Å²) in [6.07, 6.45) is -1.01. The lowest BCUT2D eigenvalue weighted by Crippen LogP contribution is -2.30. The van der Waals surface area contributed by atoms with Crippen molar-refractivity contribution < 1.29 is 19.4 Å². The number of halogens is 1. The third-order valence-corrected chi connectivity index (χ3v) is 3.39. The van der Waals surface area contributed by atoms with Crippen LogP contribution < -0.4 is 5.32 Å². The Morgan fingerprint density at radius 1 is 1.17 bits per heavy atom. The van der Waals surface area contributed by atoms with Gasteiger partial charge in [-0.05, 0) is 44.2 Å². The van der Waals surface area contributed by atoms with Crippen LogP contribution in [-0.4, -0.2) is 23.1 Å². The first-order chi connectivity index (χ1) is 10.9. The van der Waals surface area contributed by atoms with Crippen LogP contribution in [-0.2, 0) is 9.53 Å². The Bertz CT molecular complexity index is 728. The quantitative estimate of drug-likeness (QED) is 0.839. The number of hydrogen-bond donors (Lipinski definition) is 2. The van der Waals surface area contributed by atoms with E-state index in [2.05, 4.69) is 5.32 Å². The van der Waals surface area contributed by atoms with Gasteiger partial charge in [0.15, 0.2) is 6.10 Å². The largest absolute Gasteiger partial charge is 0.507 e. The number of anilines is 1. The van der Waals surface area contributed by atoms with Gasteiger partial charge in [0, 0.05) is 10.7 Å². The molecule has 0 saturated heterocycles. The van der Waals surface area contributed by atoms with Crippen LogP contribution in [0.3, 0.4) is 0 Å².